The maximum absolute atomic E-state index is 13.0. The van der Waals surface area contributed by atoms with Crippen LogP contribution in [0.15, 0.2) is 36.4 Å². The first-order valence-electron chi connectivity index (χ1n) is 7.84. The molecule has 2 aromatic carbocycles. The number of alkyl halides is 6. The lowest BCUT2D eigenvalue weighted by Gasteiger charge is -2.29. The second-order valence-corrected chi connectivity index (χ2v) is 6.29. The second-order valence-electron chi connectivity index (χ2n) is 6.29. The van der Waals surface area contributed by atoms with Crippen molar-refractivity contribution in [2.24, 2.45) is 0 Å². The van der Waals surface area contributed by atoms with Crippen molar-refractivity contribution in [1.29, 1.82) is 0 Å². The van der Waals surface area contributed by atoms with Gasteiger partial charge in [-0.1, -0.05) is 12.1 Å². The van der Waals surface area contributed by atoms with Crippen molar-refractivity contribution >= 4 is 0 Å². The highest BCUT2D eigenvalue weighted by atomic mass is 19.4. The van der Waals surface area contributed by atoms with Crippen LogP contribution in [0.2, 0.25) is 0 Å². The van der Waals surface area contributed by atoms with Crippen LogP contribution in [0.3, 0.4) is 0 Å². The minimum atomic E-state index is -4.86. The number of rotatable bonds is 2. The molecule has 0 amide bonds. The molecule has 3 rings (SSSR count). The summed E-state index contributed by atoms with van der Waals surface area (Å²) in [5, 5.41) is 9.92. The van der Waals surface area contributed by atoms with E-state index in [1.165, 1.54) is 6.07 Å². The van der Waals surface area contributed by atoms with Gasteiger partial charge in [-0.15, -0.1) is 0 Å². The average molecular weight is 375 g/mol. The third kappa shape index (κ3) is 3.95. The van der Waals surface area contributed by atoms with Crippen molar-refractivity contribution in [3.8, 4) is 5.75 Å². The molecule has 0 fully saturated rings. The Bertz CT molecular complexity index is 780. The van der Waals surface area contributed by atoms with Crippen LogP contribution < -0.4 is 0 Å². The number of fused-ring (bicyclic) bond motifs is 1. The molecule has 26 heavy (non-hydrogen) atoms. The summed E-state index contributed by atoms with van der Waals surface area (Å²) in [5.41, 5.74) is -1.11. The lowest BCUT2D eigenvalue weighted by Crippen LogP contribution is -2.30. The first-order chi connectivity index (χ1) is 12.0. The van der Waals surface area contributed by atoms with Gasteiger partial charge in [-0.2, -0.15) is 26.3 Å². The predicted molar refractivity (Wildman–Crippen MR) is 82.4 cm³/mol. The Balaban J connectivity index is 1.89. The average Bonchev–Trinajstić information content (AvgIpc) is 2.54. The number of nitrogens with zero attached hydrogens (tertiary/aromatic N) is 1. The van der Waals surface area contributed by atoms with Gasteiger partial charge in [-0.05, 0) is 41.8 Å². The van der Waals surface area contributed by atoms with Crippen LogP contribution in [0.5, 0.6) is 5.75 Å². The molecule has 2 nitrogen and oxygen atoms in total. The molecule has 0 aromatic heterocycles. The largest absolute Gasteiger partial charge is 0.508 e. The van der Waals surface area contributed by atoms with E-state index in [0.29, 0.717) is 18.5 Å². The van der Waals surface area contributed by atoms with E-state index in [9.17, 15) is 31.4 Å². The van der Waals surface area contributed by atoms with Crippen molar-refractivity contribution in [3.63, 3.8) is 0 Å². The molecule has 0 bridgehead atoms. The molecule has 2 aromatic rings. The Morgan fingerprint density at radius 3 is 2.12 bits per heavy atom. The number of phenols is 1. The third-order valence-electron chi connectivity index (χ3n) is 4.38. The minimum absolute atomic E-state index is 0.0639. The van der Waals surface area contributed by atoms with Crippen LogP contribution >= 0.6 is 0 Å². The number of halogens is 6. The van der Waals surface area contributed by atoms with Crippen LogP contribution in [0, 0.1) is 0 Å². The molecule has 0 radical (unpaired) electrons. The first-order valence-corrected chi connectivity index (χ1v) is 7.84. The van der Waals surface area contributed by atoms with E-state index < -0.39 is 23.5 Å². The molecular weight excluding hydrogens is 360 g/mol. The number of aromatic hydroxyl groups is 1. The van der Waals surface area contributed by atoms with Crippen molar-refractivity contribution in [1.82, 2.24) is 4.90 Å². The number of phenolic OH excluding ortho intramolecular Hbond substituents is 1. The zero-order chi connectivity index (χ0) is 19.1. The van der Waals surface area contributed by atoms with Crippen LogP contribution in [-0.4, -0.2) is 16.6 Å². The van der Waals surface area contributed by atoms with Gasteiger partial charge in [-0.25, -0.2) is 0 Å². The Morgan fingerprint density at radius 2 is 1.54 bits per heavy atom. The van der Waals surface area contributed by atoms with Gasteiger partial charge in [0.2, 0.25) is 0 Å². The summed E-state index contributed by atoms with van der Waals surface area (Å²) < 4.78 is 77.7. The van der Waals surface area contributed by atoms with Crippen LogP contribution in [0.4, 0.5) is 26.3 Å². The van der Waals surface area contributed by atoms with Gasteiger partial charge in [0.1, 0.15) is 5.75 Å². The molecule has 0 aliphatic carbocycles. The van der Waals surface area contributed by atoms with Gasteiger partial charge >= 0.3 is 12.4 Å². The van der Waals surface area contributed by atoms with E-state index in [2.05, 4.69) is 0 Å². The van der Waals surface area contributed by atoms with Gasteiger partial charge in [0.05, 0.1) is 11.1 Å². The van der Waals surface area contributed by atoms with Gasteiger partial charge in [-0.3, -0.25) is 4.90 Å². The lowest BCUT2D eigenvalue weighted by molar-refractivity contribution is -0.143. The molecule has 0 unspecified atom stereocenters. The zero-order valence-electron chi connectivity index (χ0n) is 13.5. The van der Waals surface area contributed by atoms with Crippen molar-refractivity contribution in [2.45, 2.75) is 31.9 Å². The molecule has 1 heterocycles. The molecule has 1 N–H and O–H groups in total. The summed E-state index contributed by atoms with van der Waals surface area (Å²) >= 11 is 0. The maximum Gasteiger partial charge on any atom is 0.416 e. The number of hydrogen-bond donors (Lipinski definition) is 1. The van der Waals surface area contributed by atoms with E-state index in [1.807, 2.05) is 6.07 Å². The summed E-state index contributed by atoms with van der Waals surface area (Å²) in [6.07, 6.45) is -9.15. The van der Waals surface area contributed by atoms with Gasteiger partial charge < -0.3 is 5.11 Å². The molecule has 0 saturated carbocycles. The molecule has 0 spiro atoms. The van der Waals surface area contributed by atoms with Gasteiger partial charge in [0.25, 0.3) is 0 Å². The Kier molecular flexibility index (Phi) is 4.64. The van der Waals surface area contributed by atoms with Crippen molar-refractivity contribution in [3.05, 3.63) is 64.2 Å². The van der Waals surface area contributed by atoms with E-state index >= 15 is 0 Å². The molecule has 140 valence electrons. The highest BCUT2D eigenvalue weighted by Gasteiger charge is 2.37. The summed E-state index contributed by atoms with van der Waals surface area (Å²) in [4.78, 5) is 1.72. The van der Waals surface area contributed by atoms with E-state index in [0.717, 1.165) is 17.7 Å². The second kappa shape index (κ2) is 6.50. The Morgan fingerprint density at radius 1 is 0.923 bits per heavy atom. The zero-order valence-corrected chi connectivity index (χ0v) is 13.5. The van der Waals surface area contributed by atoms with Crippen molar-refractivity contribution < 1.29 is 31.4 Å². The van der Waals surface area contributed by atoms with Crippen LogP contribution in [-0.2, 0) is 31.9 Å². The molecule has 8 heteroatoms. The maximum atomic E-state index is 13.0. The monoisotopic (exact) mass is 375 g/mol. The van der Waals surface area contributed by atoms with Crippen LogP contribution in [0.25, 0.3) is 0 Å². The van der Waals surface area contributed by atoms with E-state index in [-0.39, 0.29) is 30.5 Å². The Labute approximate surface area is 145 Å². The van der Waals surface area contributed by atoms with E-state index in [1.54, 1.807) is 11.0 Å². The third-order valence-corrected chi connectivity index (χ3v) is 4.38. The molecule has 0 saturated heterocycles. The smallest absolute Gasteiger partial charge is 0.416 e. The molecule has 1 aliphatic rings. The molecular formula is C18H15F6NO. The minimum Gasteiger partial charge on any atom is -0.508 e. The normalized spacial score (nSPS) is 15.8. The fraction of sp³-hybridized carbons (Fsp3) is 0.333. The number of hydrogen-bond acceptors (Lipinski definition) is 2. The quantitative estimate of drug-likeness (QED) is 0.748. The van der Waals surface area contributed by atoms with Gasteiger partial charge in [0.15, 0.2) is 0 Å². The van der Waals surface area contributed by atoms with Crippen LogP contribution in [0.1, 0.15) is 27.8 Å². The standard InChI is InChI=1S/C18H15F6NO/c19-17(20,21)13-6-11(7-14(8-13)18(22,23)24)9-25-5-4-12-2-1-3-16(26)15(12)10-25/h1-3,6-8,26H,4-5,9-10H2. The fourth-order valence-electron chi connectivity index (χ4n) is 3.12. The first kappa shape index (κ1) is 18.6. The predicted octanol–water partition coefficient (Wildman–Crippen LogP) is 4.99. The topological polar surface area (TPSA) is 23.5 Å². The summed E-state index contributed by atoms with van der Waals surface area (Å²) in [7, 11) is 0. The van der Waals surface area contributed by atoms with Crippen molar-refractivity contribution in [2.75, 3.05) is 6.54 Å². The van der Waals surface area contributed by atoms with E-state index in [4.69, 9.17) is 0 Å². The summed E-state index contributed by atoms with van der Waals surface area (Å²) in [5.74, 6) is 0.0761. The van der Waals surface area contributed by atoms with Gasteiger partial charge in [0, 0.05) is 25.2 Å². The lowest BCUT2D eigenvalue weighted by atomic mass is 9.98. The summed E-state index contributed by atoms with van der Waals surface area (Å²) in [6.45, 7) is 0.675. The molecule has 1 aliphatic heterocycles. The highest BCUT2D eigenvalue weighted by molar-refractivity contribution is 5.41. The fourth-order valence-corrected chi connectivity index (χ4v) is 3.12. The Hall–Kier alpha value is -2.22. The SMILES string of the molecule is Oc1cccc2c1CN(Cc1cc(C(F)(F)F)cc(C(F)(F)F)c1)CC2. The summed E-state index contributed by atoms with van der Waals surface area (Å²) in [6, 6.07) is 6.67. The number of benzene rings is 2. The molecule has 0 atom stereocenters. The highest BCUT2D eigenvalue weighted by Crippen LogP contribution is 2.37.